The van der Waals surface area contributed by atoms with Gasteiger partial charge in [-0.2, -0.15) is 5.26 Å². The molecule has 3 unspecified atom stereocenters. The van der Waals surface area contributed by atoms with Gasteiger partial charge in [0.15, 0.2) is 23.9 Å². The molecule has 202 valence electrons. The average molecular weight is 535 g/mol. The van der Waals surface area contributed by atoms with Gasteiger partial charge in [0.2, 0.25) is 0 Å². The molecule has 40 heavy (non-hydrogen) atoms. The molecule has 7 nitrogen and oxygen atoms in total. The number of carbonyl (C=O) groups is 1. The zero-order chi connectivity index (χ0) is 27.9. The molecule has 0 saturated carbocycles. The molecule has 1 aliphatic heterocycles. The maximum atomic E-state index is 12.1. The number of pyridine rings is 1. The number of nitriles is 1. The highest BCUT2D eigenvalue weighted by Gasteiger charge is 2.27. The lowest BCUT2D eigenvalue weighted by Crippen LogP contribution is -2.25. The molecular formula is C33H30N2O5. The number of aromatic nitrogens is 1. The van der Waals surface area contributed by atoms with Gasteiger partial charge in [-0.15, -0.1) is 0 Å². The molecule has 3 aromatic carbocycles. The molecule has 0 radical (unpaired) electrons. The SMILES string of the molecule is CC(=O)c1ccnc(C(Oc2ccccc2)c2ccc(C(OC3CCCCO3)c3cccc(C#N)c3)cc2)c1O. The van der Waals surface area contributed by atoms with Crippen LogP contribution < -0.4 is 4.74 Å². The monoisotopic (exact) mass is 534 g/mol. The molecule has 1 fully saturated rings. The van der Waals surface area contributed by atoms with E-state index in [2.05, 4.69) is 11.1 Å². The minimum Gasteiger partial charge on any atom is -0.505 e. The van der Waals surface area contributed by atoms with Gasteiger partial charge in [0.1, 0.15) is 17.5 Å². The number of benzene rings is 3. The third kappa shape index (κ3) is 6.20. The van der Waals surface area contributed by atoms with Crippen molar-refractivity contribution in [2.24, 2.45) is 0 Å². The van der Waals surface area contributed by atoms with E-state index in [9.17, 15) is 15.2 Å². The Morgan fingerprint density at radius 3 is 2.40 bits per heavy atom. The van der Waals surface area contributed by atoms with Crippen molar-refractivity contribution < 1.29 is 24.1 Å². The van der Waals surface area contributed by atoms with Crippen molar-refractivity contribution in [3.8, 4) is 17.6 Å². The van der Waals surface area contributed by atoms with Gasteiger partial charge in [-0.25, -0.2) is 0 Å². The number of aromatic hydroxyl groups is 1. The van der Waals surface area contributed by atoms with Crippen molar-refractivity contribution in [2.75, 3.05) is 6.61 Å². The molecule has 2 heterocycles. The van der Waals surface area contributed by atoms with Crippen LogP contribution in [0.1, 0.15) is 76.7 Å². The molecule has 0 aliphatic carbocycles. The minimum atomic E-state index is -0.779. The molecule has 1 N–H and O–H groups in total. The summed E-state index contributed by atoms with van der Waals surface area (Å²) < 4.78 is 18.6. The molecule has 5 rings (SSSR count). The summed E-state index contributed by atoms with van der Waals surface area (Å²) in [6, 6.07) is 28.0. The second kappa shape index (κ2) is 12.6. The van der Waals surface area contributed by atoms with E-state index in [4.69, 9.17) is 14.2 Å². The minimum absolute atomic E-state index is 0.182. The number of carbonyl (C=O) groups excluding carboxylic acids is 1. The summed E-state index contributed by atoms with van der Waals surface area (Å²) in [7, 11) is 0. The van der Waals surface area contributed by atoms with Crippen LogP contribution in [-0.4, -0.2) is 28.8 Å². The molecule has 7 heteroatoms. The zero-order valence-corrected chi connectivity index (χ0v) is 22.2. The van der Waals surface area contributed by atoms with E-state index in [-0.39, 0.29) is 29.1 Å². The molecule has 0 bridgehead atoms. The van der Waals surface area contributed by atoms with Gasteiger partial charge in [0.25, 0.3) is 0 Å². The van der Waals surface area contributed by atoms with E-state index >= 15 is 0 Å². The quantitative estimate of drug-likeness (QED) is 0.240. The number of Topliss-reactive ketones (excluding diaryl/α,β-unsaturated/α-hetero) is 1. The summed E-state index contributed by atoms with van der Waals surface area (Å²) in [4.78, 5) is 16.5. The molecule has 1 aliphatic rings. The highest BCUT2D eigenvalue weighted by molar-refractivity contribution is 5.96. The van der Waals surface area contributed by atoms with Gasteiger partial charge in [-0.1, -0.05) is 54.6 Å². The normalized spacial score (nSPS) is 16.4. The maximum absolute atomic E-state index is 12.1. The van der Waals surface area contributed by atoms with Crippen LogP contribution in [0.4, 0.5) is 0 Å². The van der Waals surface area contributed by atoms with Crippen molar-refractivity contribution in [1.82, 2.24) is 4.98 Å². The van der Waals surface area contributed by atoms with Gasteiger partial charge >= 0.3 is 0 Å². The van der Waals surface area contributed by atoms with Crippen LogP contribution in [0.2, 0.25) is 0 Å². The second-order valence-electron chi connectivity index (χ2n) is 9.68. The molecule has 4 aromatic rings. The van der Waals surface area contributed by atoms with E-state index in [1.165, 1.54) is 19.2 Å². The van der Waals surface area contributed by atoms with E-state index in [0.717, 1.165) is 36.0 Å². The van der Waals surface area contributed by atoms with Gasteiger partial charge in [-0.05, 0) is 73.2 Å². The topological polar surface area (TPSA) is 102 Å². The largest absolute Gasteiger partial charge is 0.505 e. The maximum Gasteiger partial charge on any atom is 0.169 e. The number of hydrogen-bond donors (Lipinski definition) is 1. The Labute approximate surface area is 233 Å². The highest BCUT2D eigenvalue weighted by Crippen LogP contribution is 2.36. The smallest absolute Gasteiger partial charge is 0.169 e. The van der Waals surface area contributed by atoms with E-state index in [0.29, 0.717) is 17.9 Å². The lowest BCUT2D eigenvalue weighted by molar-refractivity contribution is -0.181. The number of nitrogens with zero attached hydrogens (tertiary/aromatic N) is 2. The van der Waals surface area contributed by atoms with E-state index < -0.39 is 12.2 Å². The predicted octanol–water partition coefficient (Wildman–Crippen LogP) is 6.66. The molecule has 0 spiro atoms. The standard InChI is InChI=1S/C33H30N2O5/c1-22(36)28-17-18-35-30(31(28)37)33(39-27-10-3-2-4-11-27)25-15-13-24(14-16-25)32(40-29-12-5-6-19-38-29)26-9-7-8-23(20-26)21-34/h2-4,7-11,13-18,20,29,32-33,37H,5-6,12,19H2,1H3. The fraction of sp³-hybridized carbons (Fsp3) is 0.242. The van der Waals surface area contributed by atoms with E-state index in [1.54, 1.807) is 6.07 Å². The number of hydrogen-bond acceptors (Lipinski definition) is 7. The summed E-state index contributed by atoms with van der Waals surface area (Å²) in [5.41, 5.74) is 3.44. The van der Waals surface area contributed by atoms with Crippen LogP contribution in [-0.2, 0) is 9.47 Å². The molecule has 1 saturated heterocycles. The summed E-state index contributed by atoms with van der Waals surface area (Å²) in [6.07, 6.45) is 2.77. The third-order valence-electron chi connectivity index (χ3n) is 6.86. The summed E-state index contributed by atoms with van der Waals surface area (Å²) in [5.74, 6) is 0.124. The molecular weight excluding hydrogens is 504 g/mol. The molecule has 1 aromatic heterocycles. The first-order valence-corrected chi connectivity index (χ1v) is 13.3. The van der Waals surface area contributed by atoms with Crippen LogP contribution in [0.15, 0.2) is 91.1 Å². The summed E-state index contributed by atoms with van der Waals surface area (Å²) in [5, 5.41) is 20.4. The first-order valence-electron chi connectivity index (χ1n) is 13.3. The Morgan fingerprint density at radius 2 is 1.73 bits per heavy atom. The van der Waals surface area contributed by atoms with E-state index in [1.807, 2.05) is 72.8 Å². The van der Waals surface area contributed by atoms with Crippen molar-refractivity contribution in [1.29, 1.82) is 5.26 Å². The first kappa shape index (κ1) is 27.1. The average Bonchev–Trinajstić information content (AvgIpc) is 3.00. The lowest BCUT2D eigenvalue weighted by Gasteiger charge is -2.29. The Kier molecular flexibility index (Phi) is 8.50. The van der Waals surface area contributed by atoms with Gasteiger partial charge in [-0.3, -0.25) is 9.78 Å². The Bertz CT molecular complexity index is 1490. The van der Waals surface area contributed by atoms with Crippen LogP contribution >= 0.6 is 0 Å². The van der Waals surface area contributed by atoms with Crippen molar-refractivity contribution >= 4 is 5.78 Å². The van der Waals surface area contributed by atoms with Crippen molar-refractivity contribution in [3.05, 3.63) is 125 Å². The fourth-order valence-electron chi connectivity index (χ4n) is 4.80. The summed E-state index contributed by atoms with van der Waals surface area (Å²) in [6.45, 7) is 2.06. The molecule has 0 amide bonds. The van der Waals surface area contributed by atoms with Crippen molar-refractivity contribution in [2.45, 2.75) is 44.7 Å². The Hall–Kier alpha value is -4.51. The number of rotatable bonds is 9. The van der Waals surface area contributed by atoms with Crippen LogP contribution in [0.3, 0.4) is 0 Å². The van der Waals surface area contributed by atoms with Crippen LogP contribution in [0, 0.1) is 11.3 Å². The summed E-state index contributed by atoms with van der Waals surface area (Å²) >= 11 is 0. The van der Waals surface area contributed by atoms with Gasteiger partial charge in [0, 0.05) is 12.8 Å². The Morgan fingerprint density at radius 1 is 0.975 bits per heavy atom. The van der Waals surface area contributed by atoms with Crippen molar-refractivity contribution in [3.63, 3.8) is 0 Å². The van der Waals surface area contributed by atoms with Crippen LogP contribution in [0.5, 0.6) is 11.5 Å². The predicted molar refractivity (Wildman–Crippen MR) is 149 cm³/mol. The second-order valence-corrected chi connectivity index (χ2v) is 9.68. The molecule has 3 atom stereocenters. The number of ether oxygens (including phenoxy) is 3. The number of ketones is 1. The van der Waals surface area contributed by atoms with Gasteiger partial charge < -0.3 is 19.3 Å². The van der Waals surface area contributed by atoms with Gasteiger partial charge in [0.05, 0.1) is 17.2 Å². The number of para-hydroxylation sites is 1. The highest BCUT2D eigenvalue weighted by atomic mass is 16.7. The third-order valence-corrected chi connectivity index (χ3v) is 6.86. The van der Waals surface area contributed by atoms with Crippen LogP contribution in [0.25, 0.3) is 0 Å². The Balaban J connectivity index is 1.52. The fourth-order valence-corrected chi connectivity index (χ4v) is 4.80. The lowest BCUT2D eigenvalue weighted by atomic mass is 9.96. The first-order chi connectivity index (χ1) is 19.5. The zero-order valence-electron chi connectivity index (χ0n) is 22.2.